The van der Waals surface area contributed by atoms with Crippen molar-refractivity contribution in [3.05, 3.63) is 65.7 Å². The van der Waals surface area contributed by atoms with Gasteiger partial charge in [0.15, 0.2) is 0 Å². The zero-order valence-electron chi connectivity index (χ0n) is 12.6. The summed E-state index contributed by atoms with van der Waals surface area (Å²) >= 11 is 0. The Morgan fingerprint density at radius 3 is 2.55 bits per heavy atom. The number of rotatable bonds is 4. The molecule has 1 aliphatic carbocycles. The Bertz CT molecular complexity index is 713. The fraction of sp³-hybridized carbons (Fsp3) is 0.250. The Kier molecular flexibility index (Phi) is 4.38. The number of carboxylic acid groups (broad SMARTS) is 1. The van der Waals surface area contributed by atoms with Gasteiger partial charge in [-0.1, -0.05) is 54.6 Å². The Morgan fingerprint density at radius 1 is 1.00 bits per heavy atom. The summed E-state index contributed by atoms with van der Waals surface area (Å²) in [6.07, 6.45) is 7.23. The van der Waals surface area contributed by atoms with Gasteiger partial charge < -0.3 is 5.11 Å². The largest absolute Gasteiger partial charge is 0.481 e. The number of allylic oxidation sites excluding steroid dienone is 2. The van der Waals surface area contributed by atoms with E-state index >= 15 is 0 Å². The number of hydrogen-bond acceptors (Lipinski definition) is 1. The van der Waals surface area contributed by atoms with E-state index in [1.165, 1.54) is 29.5 Å². The van der Waals surface area contributed by atoms with E-state index in [2.05, 4.69) is 30.3 Å². The molecule has 0 aromatic heterocycles. The van der Waals surface area contributed by atoms with Crippen molar-refractivity contribution >= 4 is 11.5 Å². The normalized spacial score (nSPS) is 14.5. The third-order valence-corrected chi connectivity index (χ3v) is 4.16. The molecule has 0 radical (unpaired) electrons. The van der Waals surface area contributed by atoms with Gasteiger partial charge in [0.1, 0.15) is 0 Å². The van der Waals surface area contributed by atoms with E-state index in [9.17, 15) is 4.79 Å². The first kappa shape index (κ1) is 14.6. The first-order valence-electron chi connectivity index (χ1n) is 7.83. The molecule has 0 fully saturated rings. The predicted octanol–water partition coefficient (Wildman–Crippen LogP) is 4.94. The molecule has 0 spiro atoms. The number of carboxylic acids is 1. The van der Waals surface area contributed by atoms with Gasteiger partial charge in [0.05, 0.1) is 6.42 Å². The quantitative estimate of drug-likeness (QED) is 0.866. The SMILES string of the molecule is O=C(O)Cc1cccc(-c2ccccc2C2=CCCCC2)c1. The lowest BCUT2D eigenvalue weighted by Gasteiger charge is -2.17. The van der Waals surface area contributed by atoms with Crippen LogP contribution in [0.5, 0.6) is 0 Å². The van der Waals surface area contributed by atoms with Crippen molar-refractivity contribution in [2.75, 3.05) is 0 Å². The maximum absolute atomic E-state index is 10.9. The van der Waals surface area contributed by atoms with E-state index < -0.39 is 5.97 Å². The van der Waals surface area contributed by atoms with Crippen LogP contribution in [-0.4, -0.2) is 11.1 Å². The number of benzene rings is 2. The van der Waals surface area contributed by atoms with Crippen LogP contribution in [-0.2, 0) is 11.2 Å². The van der Waals surface area contributed by atoms with Gasteiger partial charge in [-0.25, -0.2) is 0 Å². The summed E-state index contributed by atoms with van der Waals surface area (Å²) in [5.41, 5.74) is 5.85. The Labute approximate surface area is 131 Å². The predicted molar refractivity (Wildman–Crippen MR) is 89.7 cm³/mol. The second-order valence-corrected chi connectivity index (χ2v) is 5.79. The number of aliphatic carboxylic acids is 1. The van der Waals surface area contributed by atoms with Crippen molar-refractivity contribution in [2.45, 2.75) is 32.1 Å². The van der Waals surface area contributed by atoms with Crippen molar-refractivity contribution in [1.82, 2.24) is 0 Å². The molecular weight excluding hydrogens is 272 g/mol. The Balaban J connectivity index is 2.01. The highest BCUT2D eigenvalue weighted by molar-refractivity contribution is 5.82. The van der Waals surface area contributed by atoms with Crippen molar-refractivity contribution in [2.24, 2.45) is 0 Å². The van der Waals surface area contributed by atoms with Crippen LogP contribution in [0.1, 0.15) is 36.8 Å². The third-order valence-electron chi connectivity index (χ3n) is 4.16. The van der Waals surface area contributed by atoms with E-state index in [0.717, 1.165) is 24.0 Å². The zero-order chi connectivity index (χ0) is 15.4. The molecule has 3 rings (SSSR count). The lowest BCUT2D eigenvalue weighted by Crippen LogP contribution is -2.00. The standard InChI is InChI=1S/C20H20O2/c21-20(22)14-15-7-6-10-17(13-15)19-12-5-4-11-18(19)16-8-2-1-3-9-16/h4-8,10-13H,1-3,9,14H2,(H,21,22). The smallest absolute Gasteiger partial charge is 0.307 e. The molecular formula is C20H20O2. The number of hydrogen-bond donors (Lipinski definition) is 1. The summed E-state index contributed by atoms with van der Waals surface area (Å²) < 4.78 is 0. The van der Waals surface area contributed by atoms with Crippen molar-refractivity contribution in [3.8, 4) is 11.1 Å². The first-order chi connectivity index (χ1) is 10.7. The molecule has 2 heteroatoms. The summed E-state index contributed by atoms with van der Waals surface area (Å²) in [5.74, 6) is -0.791. The molecule has 1 N–H and O–H groups in total. The zero-order valence-corrected chi connectivity index (χ0v) is 12.6. The van der Waals surface area contributed by atoms with Crippen LogP contribution >= 0.6 is 0 Å². The molecule has 0 unspecified atom stereocenters. The fourth-order valence-electron chi connectivity index (χ4n) is 3.12. The van der Waals surface area contributed by atoms with Gasteiger partial charge in [0.2, 0.25) is 0 Å². The van der Waals surface area contributed by atoms with Gasteiger partial charge in [0, 0.05) is 0 Å². The van der Waals surface area contributed by atoms with Crippen LogP contribution in [0.15, 0.2) is 54.6 Å². The molecule has 0 heterocycles. The average molecular weight is 292 g/mol. The van der Waals surface area contributed by atoms with Crippen molar-refractivity contribution in [1.29, 1.82) is 0 Å². The minimum absolute atomic E-state index is 0.0682. The van der Waals surface area contributed by atoms with Crippen molar-refractivity contribution in [3.63, 3.8) is 0 Å². The van der Waals surface area contributed by atoms with Gasteiger partial charge in [-0.2, -0.15) is 0 Å². The third kappa shape index (κ3) is 3.28. The Morgan fingerprint density at radius 2 is 1.82 bits per heavy atom. The molecule has 1 aliphatic rings. The lowest BCUT2D eigenvalue weighted by molar-refractivity contribution is -0.136. The molecule has 0 bridgehead atoms. The highest BCUT2D eigenvalue weighted by Crippen LogP contribution is 2.34. The van der Waals surface area contributed by atoms with E-state index in [4.69, 9.17) is 5.11 Å². The van der Waals surface area contributed by atoms with Crippen LogP contribution in [0.4, 0.5) is 0 Å². The maximum atomic E-state index is 10.9. The van der Waals surface area contributed by atoms with E-state index in [1.54, 1.807) is 0 Å². The summed E-state index contributed by atoms with van der Waals surface area (Å²) in [6, 6.07) is 16.3. The highest BCUT2D eigenvalue weighted by Gasteiger charge is 2.12. The molecule has 2 aromatic carbocycles. The fourth-order valence-corrected chi connectivity index (χ4v) is 3.12. The van der Waals surface area contributed by atoms with Crippen LogP contribution < -0.4 is 0 Å². The maximum Gasteiger partial charge on any atom is 0.307 e. The van der Waals surface area contributed by atoms with Crippen LogP contribution in [0.3, 0.4) is 0 Å². The van der Waals surface area contributed by atoms with E-state index in [0.29, 0.717) is 0 Å². The van der Waals surface area contributed by atoms with E-state index in [1.807, 2.05) is 24.3 Å². The molecule has 0 amide bonds. The van der Waals surface area contributed by atoms with Crippen LogP contribution in [0.25, 0.3) is 16.7 Å². The summed E-state index contributed by atoms with van der Waals surface area (Å²) in [6.45, 7) is 0. The minimum Gasteiger partial charge on any atom is -0.481 e. The average Bonchev–Trinajstić information content (AvgIpc) is 2.55. The molecule has 0 saturated carbocycles. The Hall–Kier alpha value is -2.35. The summed E-state index contributed by atoms with van der Waals surface area (Å²) in [5, 5.41) is 8.98. The molecule has 0 atom stereocenters. The first-order valence-corrected chi connectivity index (χ1v) is 7.83. The van der Waals surface area contributed by atoms with Crippen molar-refractivity contribution < 1.29 is 9.90 Å². The van der Waals surface area contributed by atoms with Crippen LogP contribution in [0.2, 0.25) is 0 Å². The molecule has 112 valence electrons. The molecule has 0 aliphatic heterocycles. The second kappa shape index (κ2) is 6.61. The van der Waals surface area contributed by atoms with Gasteiger partial charge in [-0.15, -0.1) is 0 Å². The van der Waals surface area contributed by atoms with Gasteiger partial charge in [-0.05, 0) is 53.5 Å². The topological polar surface area (TPSA) is 37.3 Å². The highest BCUT2D eigenvalue weighted by atomic mass is 16.4. The lowest BCUT2D eigenvalue weighted by atomic mass is 9.88. The van der Waals surface area contributed by atoms with Gasteiger partial charge >= 0.3 is 5.97 Å². The monoisotopic (exact) mass is 292 g/mol. The molecule has 0 saturated heterocycles. The minimum atomic E-state index is -0.791. The molecule has 22 heavy (non-hydrogen) atoms. The molecule has 2 aromatic rings. The van der Waals surface area contributed by atoms with Gasteiger partial charge in [-0.3, -0.25) is 4.79 Å². The summed E-state index contributed by atoms with van der Waals surface area (Å²) in [4.78, 5) is 10.9. The number of carbonyl (C=O) groups is 1. The second-order valence-electron chi connectivity index (χ2n) is 5.79. The van der Waals surface area contributed by atoms with E-state index in [-0.39, 0.29) is 6.42 Å². The summed E-state index contributed by atoms with van der Waals surface area (Å²) in [7, 11) is 0. The van der Waals surface area contributed by atoms with Gasteiger partial charge in [0.25, 0.3) is 0 Å². The molecule has 2 nitrogen and oxygen atoms in total. The van der Waals surface area contributed by atoms with Crippen LogP contribution in [0, 0.1) is 0 Å².